The molecule has 28 heavy (non-hydrogen) atoms. The van der Waals surface area contributed by atoms with Crippen LogP contribution in [0.2, 0.25) is 0 Å². The highest BCUT2D eigenvalue weighted by molar-refractivity contribution is 7.91. The molecule has 3 rings (SSSR count). The highest BCUT2D eigenvalue weighted by Crippen LogP contribution is 2.25. The SMILES string of the molecule is Cc1cccc(Nc2ccccc2C(=O)NCCC2CCS(=O)(=O)CC2)c1C. The summed E-state index contributed by atoms with van der Waals surface area (Å²) in [6, 6.07) is 13.6. The van der Waals surface area contributed by atoms with Gasteiger partial charge in [0.05, 0.1) is 22.8 Å². The van der Waals surface area contributed by atoms with Gasteiger partial charge in [-0.3, -0.25) is 4.79 Å². The molecule has 1 heterocycles. The van der Waals surface area contributed by atoms with Gasteiger partial charge in [0.15, 0.2) is 0 Å². The predicted octanol–water partition coefficient (Wildman–Crippen LogP) is 3.99. The van der Waals surface area contributed by atoms with Gasteiger partial charge in [0.1, 0.15) is 9.84 Å². The molecule has 0 saturated carbocycles. The number of carbonyl (C=O) groups is 1. The Labute approximate surface area is 167 Å². The molecule has 2 aromatic carbocycles. The molecule has 0 aliphatic carbocycles. The molecular weight excluding hydrogens is 372 g/mol. The fraction of sp³-hybridized carbons (Fsp3) is 0.409. The zero-order chi connectivity index (χ0) is 20.1. The molecule has 0 unspecified atom stereocenters. The number of amides is 1. The lowest BCUT2D eigenvalue weighted by atomic mass is 9.99. The number of hydrogen-bond acceptors (Lipinski definition) is 4. The minimum absolute atomic E-state index is 0.114. The summed E-state index contributed by atoms with van der Waals surface area (Å²) >= 11 is 0. The Morgan fingerprint density at radius 2 is 1.68 bits per heavy atom. The molecule has 1 aliphatic heterocycles. The summed E-state index contributed by atoms with van der Waals surface area (Å²) in [5, 5.41) is 6.37. The summed E-state index contributed by atoms with van der Waals surface area (Å²) in [5.41, 5.74) is 4.72. The Bertz CT molecular complexity index is 940. The predicted molar refractivity (Wildman–Crippen MR) is 114 cm³/mol. The lowest BCUT2D eigenvalue weighted by Crippen LogP contribution is -2.29. The molecule has 0 bridgehead atoms. The average Bonchev–Trinajstić information content (AvgIpc) is 2.67. The van der Waals surface area contributed by atoms with Gasteiger partial charge in [-0.1, -0.05) is 24.3 Å². The number of sulfone groups is 1. The van der Waals surface area contributed by atoms with Gasteiger partial charge >= 0.3 is 0 Å². The first kappa shape index (κ1) is 20.4. The molecule has 2 N–H and O–H groups in total. The lowest BCUT2D eigenvalue weighted by molar-refractivity contribution is 0.0952. The third-order valence-corrected chi connectivity index (χ3v) is 7.27. The Morgan fingerprint density at radius 3 is 2.43 bits per heavy atom. The van der Waals surface area contributed by atoms with E-state index in [1.807, 2.05) is 36.4 Å². The number of rotatable bonds is 6. The van der Waals surface area contributed by atoms with Gasteiger partial charge in [-0.15, -0.1) is 0 Å². The molecule has 0 radical (unpaired) electrons. The maximum atomic E-state index is 12.7. The van der Waals surface area contributed by atoms with Crippen molar-refractivity contribution < 1.29 is 13.2 Å². The summed E-state index contributed by atoms with van der Waals surface area (Å²) in [7, 11) is -2.84. The number of nitrogens with one attached hydrogen (secondary N) is 2. The van der Waals surface area contributed by atoms with Crippen LogP contribution in [0.3, 0.4) is 0 Å². The van der Waals surface area contributed by atoms with Gasteiger partial charge in [0, 0.05) is 12.2 Å². The van der Waals surface area contributed by atoms with E-state index in [0.717, 1.165) is 23.4 Å². The Kier molecular flexibility index (Phi) is 6.39. The molecular formula is C22H28N2O3S. The Balaban J connectivity index is 1.61. The smallest absolute Gasteiger partial charge is 0.253 e. The minimum atomic E-state index is -2.84. The number of aryl methyl sites for hydroxylation is 1. The largest absolute Gasteiger partial charge is 0.355 e. The van der Waals surface area contributed by atoms with Crippen molar-refractivity contribution in [1.29, 1.82) is 0 Å². The zero-order valence-electron chi connectivity index (χ0n) is 16.5. The fourth-order valence-corrected chi connectivity index (χ4v) is 5.12. The molecule has 0 aromatic heterocycles. The first-order valence-corrected chi connectivity index (χ1v) is 11.6. The maximum absolute atomic E-state index is 12.7. The molecule has 1 aliphatic rings. The van der Waals surface area contributed by atoms with Crippen molar-refractivity contribution >= 4 is 27.1 Å². The fourth-order valence-electron chi connectivity index (χ4n) is 3.53. The summed E-state index contributed by atoms with van der Waals surface area (Å²) in [6.07, 6.45) is 2.21. The first-order chi connectivity index (χ1) is 13.4. The molecule has 0 spiro atoms. The number of carbonyl (C=O) groups excluding carboxylic acids is 1. The van der Waals surface area contributed by atoms with E-state index in [-0.39, 0.29) is 17.4 Å². The van der Waals surface area contributed by atoms with E-state index in [0.29, 0.717) is 30.9 Å². The van der Waals surface area contributed by atoms with Crippen molar-refractivity contribution in [3.63, 3.8) is 0 Å². The molecule has 5 nitrogen and oxygen atoms in total. The van der Waals surface area contributed by atoms with Gasteiger partial charge in [-0.05, 0) is 68.4 Å². The standard InChI is InChI=1S/C22H28N2O3S/c1-16-6-5-9-20(17(16)2)24-21-8-4-3-7-19(21)22(25)23-13-10-18-11-14-28(26,27)15-12-18/h3-9,18,24H,10-15H2,1-2H3,(H,23,25). The van der Waals surface area contributed by atoms with Crippen molar-refractivity contribution in [1.82, 2.24) is 5.32 Å². The second-order valence-electron chi connectivity index (χ2n) is 7.56. The maximum Gasteiger partial charge on any atom is 0.253 e. The highest BCUT2D eigenvalue weighted by Gasteiger charge is 2.23. The Morgan fingerprint density at radius 1 is 1.00 bits per heavy atom. The summed E-state index contributed by atoms with van der Waals surface area (Å²) < 4.78 is 23.0. The topological polar surface area (TPSA) is 75.3 Å². The monoisotopic (exact) mass is 400 g/mol. The van der Waals surface area contributed by atoms with Crippen LogP contribution in [0.1, 0.15) is 40.7 Å². The van der Waals surface area contributed by atoms with Gasteiger partial charge in [-0.2, -0.15) is 0 Å². The van der Waals surface area contributed by atoms with Crippen LogP contribution in [0.5, 0.6) is 0 Å². The molecule has 1 amide bonds. The van der Waals surface area contributed by atoms with Crippen LogP contribution in [-0.4, -0.2) is 32.4 Å². The van der Waals surface area contributed by atoms with Crippen molar-refractivity contribution in [2.45, 2.75) is 33.1 Å². The number of hydrogen-bond donors (Lipinski definition) is 2. The van der Waals surface area contributed by atoms with Gasteiger partial charge < -0.3 is 10.6 Å². The second-order valence-corrected chi connectivity index (χ2v) is 9.86. The van der Waals surface area contributed by atoms with Gasteiger partial charge in [0.2, 0.25) is 0 Å². The van der Waals surface area contributed by atoms with Crippen LogP contribution in [0.4, 0.5) is 11.4 Å². The van der Waals surface area contributed by atoms with E-state index in [1.165, 1.54) is 5.56 Å². The van der Waals surface area contributed by atoms with Gasteiger partial charge in [-0.25, -0.2) is 8.42 Å². The Hall–Kier alpha value is -2.34. The minimum Gasteiger partial charge on any atom is -0.355 e. The third-order valence-electron chi connectivity index (χ3n) is 5.56. The van der Waals surface area contributed by atoms with E-state index in [1.54, 1.807) is 0 Å². The molecule has 1 fully saturated rings. The van der Waals surface area contributed by atoms with Crippen LogP contribution < -0.4 is 10.6 Å². The van der Waals surface area contributed by atoms with Gasteiger partial charge in [0.25, 0.3) is 5.91 Å². The van der Waals surface area contributed by atoms with E-state index in [2.05, 4.69) is 30.5 Å². The van der Waals surface area contributed by atoms with Crippen LogP contribution in [0.15, 0.2) is 42.5 Å². The average molecular weight is 401 g/mol. The number of anilines is 2. The summed E-state index contributed by atoms with van der Waals surface area (Å²) in [5.74, 6) is 0.798. The molecule has 150 valence electrons. The van der Waals surface area contributed by atoms with Crippen molar-refractivity contribution in [2.24, 2.45) is 5.92 Å². The molecule has 1 saturated heterocycles. The highest BCUT2D eigenvalue weighted by atomic mass is 32.2. The quantitative estimate of drug-likeness (QED) is 0.769. The van der Waals surface area contributed by atoms with Crippen molar-refractivity contribution in [3.8, 4) is 0 Å². The lowest BCUT2D eigenvalue weighted by Gasteiger charge is -2.22. The van der Waals surface area contributed by atoms with Crippen LogP contribution in [0.25, 0.3) is 0 Å². The van der Waals surface area contributed by atoms with Crippen molar-refractivity contribution in [2.75, 3.05) is 23.4 Å². The van der Waals surface area contributed by atoms with E-state index >= 15 is 0 Å². The molecule has 2 aromatic rings. The van der Waals surface area contributed by atoms with Crippen LogP contribution >= 0.6 is 0 Å². The molecule has 6 heteroatoms. The third kappa shape index (κ3) is 5.13. The van der Waals surface area contributed by atoms with E-state index < -0.39 is 9.84 Å². The van der Waals surface area contributed by atoms with Crippen LogP contribution in [0, 0.1) is 19.8 Å². The second kappa shape index (κ2) is 8.78. The van der Waals surface area contributed by atoms with Crippen molar-refractivity contribution in [3.05, 3.63) is 59.2 Å². The number of para-hydroxylation sites is 1. The summed E-state index contributed by atoms with van der Waals surface area (Å²) in [4.78, 5) is 12.7. The number of benzene rings is 2. The van der Waals surface area contributed by atoms with E-state index in [9.17, 15) is 13.2 Å². The first-order valence-electron chi connectivity index (χ1n) is 9.76. The molecule has 0 atom stereocenters. The van der Waals surface area contributed by atoms with E-state index in [4.69, 9.17) is 0 Å². The van der Waals surface area contributed by atoms with Crippen LogP contribution in [-0.2, 0) is 9.84 Å². The summed E-state index contributed by atoms with van der Waals surface area (Å²) in [6.45, 7) is 4.68. The normalized spacial score (nSPS) is 16.5. The zero-order valence-corrected chi connectivity index (χ0v) is 17.3.